The standard InChI is InChI=1S/C23H26N2O5/c1-15-12-25(13-16(2)30-15)23(27)18-5-3-4-6-19(18)24-22(26)10-8-17-7-9-20-21(11-17)29-14-28-20/h3-7,9,11,15-16H,8,10,12-14H2,1-2H3,(H,24,26). The van der Waals surface area contributed by atoms with Gasteiger partial charge in [-0.25, -0.2) is 0 Å². The van der Waals surface area contributed by atoms with E-state index in [1.54, 1.807) is 17.0 Å². The van der Waals surface area contributed by atoms with Crippen molar-refractivity contribution in [1.82, 2.24) is 4.90 Å². The second-order valence-electron chi connectivity index (χ2n) is 7.75. The number of aryl methyl sites for hydroxylation is 1. The maximum atomic E-state index is 13.1. The first kappa shape index (κ1) is 20.2. The lowest BCUT2D eigenvalue weighted by Crippen LogP contribution is -2.48. The van der Waals surface area contributed by atoms with E-state index < -0.39 is 0 Å². The van der Waals surface area contributed by atoms with Crippen LogP contribution in [0, 0.1) is 0 Å². The van der Waals surface area contributed by atoms with Crippen LogP contribution in [-0.4, -0.2) is 48.8 Å². The summed E-state index contributed by atoms with van der Waals surface area (Å²) in [6.07, 6.45) is 0.840. The zero-order valence-corrected chi connectivity index (χ0v) is 17.2. The second-order valence-corrected chi connectivity index (χ2v) is 7.75. The van der Waals surface area contributed by atoms with Crippen molar-refractivity contribution in [1.29, 1.82) is 0 Å². The molecule has 4 rings (SSSR count). The minimum absolute atomic E-state index is 0.0128. The Morgan fingerprint density at radius 2 is 1.77 bits per heavy atom. The van der Waals surface area contributed by atoms with Gasteiger partial charge in [-0.15, -0.1) is 0 Å². The highest BCUT2D eigenvalue weighted by molar-refractivity contribution is 6.03. The first-order valence-electron chi connectivity index (χ1n) is 10.2. The number of ether oxygens (including phenoxy) is 3. The molecule has 7 nitrogen and oxygen atoms in total. The number of carbonyl (C=O) groups is 2. The van der Waals surface area contributed by atoms with Gasteiger partial charge in [0, 0.05) is 19.5 Å². The maximum absolute atomic E-state index is 13.1. The Labute approximate surface area is 175 Å². The zero-order valence-electron chi connectivity index (χ0n) is 17.2. The quantitative estimate of drug-likeness (QED) is 0.819. The van der Waals surface area contributed by atoms with Gasteiger partial charge in [0.05, 0.1) is 23.5 Å². The first-order valence-corrected chi connectivity index (χ1v) is 10.2. The van der Waals surface area contributed by atoms with Gasteiger partial charge in [-0.1, -0.05) is 18.2 Å². The summed E-state index contributed by atoms with van der Waals surface area (Å²) in [4.78, 5) is 27.4. The molecule has 2 heterocycles. The fourth-order valence-corrected chi connectivity index (χ4v) is 3.86. The second kappa shape index (κ2) is 8.75. The number of amides is 2. The summed E-state index contributed by atoms with van der Waals surface area (Å²) in [5, 5.41) is 2.90. The number of carbonyl (C=O) groups excluding carboxylic acids is 2. The average Bonchev–Trinajstić information content (AvgIpc) is 3.19. The van der Waals surface area contributed by atoms with Crippen LogP contribution in [0.4, 0.5) is 5.69 Å². The number of hydrogen-bond acceptors (Lipinski definition) is 5. The molecular weight excluding hydrogens is 384 g/mol. The van der Waals surface area contributed by atoms with E-state index in [0.29, 0.717) is 42.9 Å². The van der Waals surface area contributed by atoms with Gasteiger partial charge in [-0.05, 0) is 50.1 Å². The molecule has 0 radical (unpaired) electrons. The van der Waals surface area contributed by atoms with Gasteiger partial charge >= 0.3 is 0 Å². The third-order valence-electron chi connectivity index (χ3n) is 5.22. The van der Waals surface area contributed by atoms with E-state index in [1.807, 2.05) is 44.2 Å². The summed E-state index contributed by atoms with van der Waals surface area (Å²) < 4.78 is 16.4. The molecule has 158 valence electrons. The van der Waals surface area contributed by atoms with Gasteiger partial charge in [-0.3, -0.25) is 9.59 Å². The molecule has 0 spiro atoms. The van der Waals surface area contributed by atoms with Crippen LogP contribution in [-0.2, 0) is 16.0 Å². The van der Waals surface area contributed by atoms with Crippen molar-refractivity contribution in [3.05, 3.63) is 53.6 Å². The smallest absolute Gasteiger partial charge is 0.256 e. The maximum Gasteiger partial charge on any atom is 0.256 e. The molecule has 1 fully saturated rings. The number of morpholine rings is 1. The lowest BCUT2D eigenvalue weighted by molar-refractivity contribution is -0.116. The summed E-state index contributed by atoms with van der Waals surface area (Å²) in [7, 11) is 0. The van der Waals surface area contributed by atoms with E-state index >= 15 is 0 Å². The highest BCUT2D eigenvalue weighted by Gasteiger charge is 2.28. The summed E-state index contributed by atoms with van der Waals surface area (Å²) in [6, 6.07) is 12.8. The molecule has 2 aliphatic heterocycles. The first-order chi connectivity index (χ1) is 14.5. The average molecular weight is 410 g/mol. The number of hydrogen-bond donors (Lipinski definition) is 1. The Hall–Kier alpha value is -3.06. The molecule has 0 aliphatic carbocycles. The minimum Gasteiger partial charge on any atom is -0.454 e. The Kier molecular flexibility index (Phi) is 5.90. The number of rotatable bonds is 5. The third-order valence-corrected chi connectivity index (χ3v) is 5.22. The monoisotopic (exact) mass is 410 g/mol. The number of benzene rings is 2. The molecule has 30 heavy (non-hydrogen) atoms. The lowest BCUT2D eigenvalue weighted by atomic mass is 10.1. The predicted molar refractivity (Wildman–Crippen MR) is 112 cm³/mol. The van der Waals surface area contributed by atoms with Crippen molar-refractivity contribution in [3.8, 4) is 11.5 Å². The van der Waals surface area contributed by atoms with Gasteiger partial charge in [0.15, 0.2) is 11.5 Å². The minimum atomic E-state index is -0.142. The van der Waals surface area contributed by atoms with Crippen molar-refractivity contribution in [2.45, 2.75) is 38.9 Å². The molecule has 0 aromatic heterocycles. The van der Waals surface area contributed by atoms with Gasteiger partial charge in [-0.2, -0.15) is 0 Å². The fraction of sp³-hybridized carbons (Fsp3) is 0.391. The molecule has 2 unspecified atom stereocenters. The van der Waals surface area contributed by atoms with Gasteiger partial charge in [0.1, 0.15) is 0 Å². The topological polar surface area (TPSA) is 77.1 Å². The van der Waals surface area contributed by atoms with Crippen molar-refractivity contribution < 1.29 is 23.8 Å². The molecular formula is C23H26N2O5. The number of nitrogens with one attached hydrogen (secondary N) is 1. The highest BCUT2D eigenvalue weighted by atomic mass is 16.7. The lowest BCUT2D eigenvalue weighted by Gasteiger charge is -2.35. The summed E-state index contributed by atoms with van der Waals surface area (Å²) in [5.74, 6) is 1.19. The SMILES string of the molecule is CC1CN(C(=O)c2ccccc2NC(=O)CCc2ccc3c(c2)OCO3)CC(C)O1. The predicted octanol–water partition coefficient (Wildman–Crippen LogP) is 3.24. The molecule has 2 aliphatic rings. The number of nitrogens with zero attached hydrogens (tertiary/aromatic N) is 1. The van der Waals surface area contributed by atoms with Crippen LogP contribution in [0.1, 0.15) is 36.2 Å². The Morgan fingerprint density at radius 3 is 2.57 bits per heavy atom. The number of anilines is 1. The molecule has 7 heteroatoms. The molecule has 1 N–H and O–H groups in total. The van der Waals surface area contributed by atoms with Crippen molar-refractivity contribution in [2.75, 3.05) is 25.2 Å². The van der Waals surface area contributed by atoms with E-state index in [2.05, 4.69) is 5.32 Å². The normalized spacial score (nSPS) is 20.1. The van der Waals surface area contributed by atoms with E-state index in [4.69, 9.17) is 14.2 Å². The van der Waals surface area contributed by atoms with E-state index in [-0.39, 0.29) is 30.8 Å². The molecule has 2 atom stereocenters. The Morgan fingerprint density at radius 1 is 1.03 bits per heavy atom. The zero-order chi connectivity index (χ0) is 21.1. The van der Waals surface area contributed by atoms with Crippen molar-refractivity contribution in [2.24, 2.45) is 0 Å². The fourth-order valence-electron chi connectivity index (χ4n) is 3.86. The van der Waals surface area contributed by atoms with E-state index in [0.717, 1.165) is 11.3 Å². The van der Waals surface area contributed by atoms with Crippen LogP contribution >= 0.6 is 0 Å². The molecule has 2 aromatic rings. The highest BCUT2D eigenvalue weighted by Crippen LogP contribution is 2.32. The van der Waals surface area contributed by atoms with Crippen LogP contribution in [0.2, 0.25) is 0 Å². The van der Waals surface area contributed by atoms with E-state index in [9.17, 15) is 9.59 Å². The molecule has 2 amide bonds. The summed E-state index contributed by atoms with van der Waals surface area (Å²) >= 11 is 0. The number of para-hydroxylation sites is 1. The van der Waals surface area contributed by atoms with Crippen LogP contribution in [0.5, 0.6) is 11.5 Å². The van der Waals surface area contributed by atoms with Crippen molar-refractivity contribution in [3.63, 3.8) is 0 Å². The van der Waals surface area contributed by atoms with Gasteiger partial charge < -0.3 is 24.4 Å². The molecule has 0 saturated carbocycles. The summed E-state index contributed by atoms with van der Waals surface area (Å²) in [5.41, 5.74) is 2.02. The molecule has 1 saturated heterocycles. The van der Waals surface area contributed by atoms with Gasteiger partial charge in [0.25, 0.3) is 5.91 Å². The van der Waals surface area contributed by atoms with Crippen molar-refractivity contribution >= 4 is 17.5 Å². The third kappa shape index (κ3) is 4.57. The largest absolute Gasteiger partial charge is 0.454 e. The van der Waals surface area contributed by atoms with Crippen LogP contribution in [0.25, 0.3) is 0 Å². The van der Waals surface area contributed by atoms with Crippen LogP contribution in [0.15, 0.2) is 42.5 Å². The molecule has 2 aromatic carbocycles. The number of fused-ring (bicyclic) bond motifs is 1. The van der Waals surface area contributed by atoms with Crippen LogP contribution < -0.4 is 14.8 Å². The molecule has 0 bridgehead atoms. The Bertz CT molecular complexity index is 935. The van der Waals surface area contributed by atoms with Gasteiger partial charge in [0.2, 0.25) is 12.7 Å². The Balaban J connectivity index is 1.39. The van der Waals surface area contributed by atoms with Crippen LogP contribution in [0.3, 0.4) is 0 Å². The van der Waals surface area contributed by atoms with E-state index in [1.165, 1.54) is 0 Å². The summed E-state index contributed by atoms with van der Waals surface area (Å²) in [6.45, 7) is 5.22.